The molecule has 0 aliphatic heterocycles. The Balaban J connectivity index is 2.56. The van der Waals surface area contributed by atoms with Gasteiger partial charge in [0.2, 0.25) is 10.0 Å². The van der Waals surface area contributed by atoms with E-state index in [4.69, 9.17) is 5.11 Å². The van der Waals surface area contributed by atoms with E-state index in [0.717, 1.165) is 6.42 Å². The molecular weight excluding hydrogens is 344 g/mol. The van der Waals surface area contributed by atoms with Crippen molar-refractivity contribution in [2.75, 3.05) is 13.6 Å². The molecule has 0 aliphatic rings. The third-order valence-electron chi connectivity index (χ3n) is 3.87. The number of carboxylic acid groups (broad SMARTS) is 1. The molecule has 2 N–H and O–H groups in total. The number of sulfonamides is 1. The second kappa shape index (κ2) is 9.53. The maximum Gasteiger partial charge on any atom is 0.303 e. The second-order valence-electron chi connectivity index (χ2n) is 6.10. The third-order valence-corrected chi connectivity index (χ3v) is 5.92. The lowest BCUT2D eigenvalue weighted by Crippen LogP contribution is -2.33. The van der Waals surface area contributed by atoms with Gasteiger partial charge in [0, 0.05) is 31.6 Å². The Labute approximate surface area is 149 Å². The van der Waals surface area contributed by atoms with Crippen LogP contribution in [-0.4, -0.2) is 49.3 Å². The van der Waals surface area contributed by atoms with Crippen molar-refractivity contribution in [1.82, 2.24) is 9.62 Å². The lowest BCUT2D eigenvalue weighted by atomic mass is 10.2. The SMILES string of the molecule is CC(C)N(C)S(=O)(=O)c1ccc(C(=O)NCCCCCC(=O)O)cc1. The number of carboxylic acids is 1. The predicted octanol–water partition coefficient (Wildman–Crippen LogP) is 2.09. The van der Waals surface area contributed by atoms with Crippen LogP contribution in [0.3, 0.4) is 0 Å². The number of amides is 1. The highest BCUT2D eigenvalue weighted by Gasteiger charge is 2.23. The minimum atomic E-state index is -3.56. The van der Waals surface area contributed by atoms with Crippen LogP contribution < -0.4 is 5.32 Å². The van der Waals surface area contributed by atoms with Gasteiger partial charge in [-0.25, -0.2) is 8.42 Å². The predicted molar refractivity (Wildman–Crippen MR) is 95.0 cm³/mol. The summed E-state index contributed by atoms with van der Waals surface area (Å²) in [6.07, 6.45) is 2.14. The van der Waals surface area contributed by atoms with E-state index in [9.17, 15) is 18.0 Å². The first-order chi connectivity index (χ1) is 11.7. The lowest BCUT2D eigenvalue weighted by Gasteiger charge is -2.21. The summed E-state index contributed by atoms with van der Waals surface area (Å²) in [4.78, 5) is 22.6. The van der Waals surface area contributed by atoms with E-state index >= 15 is 0 Å². The first kappa shape index (κ1) is 21.1. The molecule has 25 heavy (non-hydrogen) atoms. The highest BCUT2D eigenvalue weighted by molar-refractivity contribution is 7.89. The number of nitrogens with zero attached hydrogens (tertiary/aromatic N) is 1. The van der Waals surface area contributed by atoms with E-state index in [1.807, 2.05) is 0 Å². The zero-order valence-corrected chi connectivity index (χ0v) is 15.7. The molecule has 0 aliphatic carbocycles. The zero-order valence-electron chi connectivity index (χ0n) is 14.9. The molecular formula is C17H26N2O5S. The average Bonchev–Trinajstić information content (AvgIpc) is 2.56. The van der Waals surface area contributed by atoms with Crippen molar-refractivity contribution < 1.29 is 23.1 Å². The summed E-state index contributed by atoms with van der Waals surface area (Å²) >= 11 is 0. The van der Waals surface area contributed by atoms with E-state index in [-0.39, 0.29) is 23.3 Å². The van der Waals surface area contributed by atoms with E-state index in [2.05, 4.69) is 5.32 Å². The molecule has 140 valence electrons. The zero-order chi connectivity index (χ0) is 19.0. The Morgan fingerprint density at radius 1 is 1.12 bits per heavy atom. The number of aliphatic carboxylic acids is 1. The molecule has 0 saturated heterocycles. The topological polar surface area (TPSA) is 104 Å². The summed E-state index contributed by atoms with van der Waals surface area (Å²) in [5.74, 6) is -1.10. The summed E-state index contributed by atoms with van der Waals surface area (Å²) in [7, 11) is -2.04. The quantitative estimate of drug-likeness (QED) is 0.614. The largest absolute Gasteiger partial charge is 0.481 e. The molecule has 1 aromatic carbocycles. The van der Waals surface area contributed by atoms with E-state index < -0.39 is 16.0 Å². The summed E-state index contributed by atoms with van der Waals surface area (Å²) < 4.78 is 26.0. The minimum Gasteiger partial charge on any atom is -0.481 e. The van der Waals surface area contributed by atoms with Crippen LogP contribution in [0.1, 0.15) is 49.9 Å². The van der Waals surface area contributed by atoms with Gasteiger partial charge in [-0.05, 0) is 51.0 Å². The maximum atomic E-state index is 12.4. The molecule has 8 heteroatoms. The fourth-order valence-electron chi connectivity index (χ4n) is 2.10. The number of hydrogen-bond acceptors (Lipinski definition) is 4. The first-order valence-electron chi connectivity index (χ1n) is 8.24. The van der Waals surface area contributed by atoms with Crippen LogP contribution in [0.25, 0.3) is 0 Å². The van der Waals surface area contributed by atoms with Gasteiger partial charge >= 0.3 is 5.97 Å². The average molecular weight is 370 g/mol. The highest BCUT2D eigenvalue weighted by atomic mass is 32.2. The molecule has 0 unspecified atom stereocenters. The molecule has 0 radical (unpaired) electrons. The lowest BCUT2D eigenvalue weighted by molar-refractivity contribution is -0.137. The smallest absolute Gasteiger partial charge is 0.303 e. The Hall–Kier alpha value is -1.93. The molecule has 0 bridgehead atoms. The number of hydrogen-bond donors (Lipinski definition) is 2. The van der Waals surface area contributed by atoms with Gasteiger partial charge in [0.05, 0.1) is 4.90 Å². The van der Waals surface area contributed by atoms with Crippen molar-refractivity contribution in [3.05, 3.63) is 29.8 Å². The Bertz CT molecular complexity index is 683. The fourth-order valence-corrected chi connectivity index (χ4v) is 3.47. The van der Waals surface area contributed by atoms with Gasteiger partial charge < -0.3 is 10.4 Å². The van der Waals surface area contributed by atoms with Crippen LogP contribution in [-0.2, 0) is 14.8 Å². The first-order valence-corrected chi connectivity index (χ1v) is 9.68. The maximum absolute atomic E-state index is 12.4. The van der Waals surface area contributed by atoms with Gasteiger partial charge in [0.1, 0.15) is 0 Å². The third kappa shape index (κ3) is 6.47. The number of nitrogens with one attached hydrogen (secondary N) is 1. The monoisotopic (exact) mass is 370 g/mol. The molecule has 0 saturated carbocycles. The molecule has 1 rings (SSSR count). The highest BCUT2D eigenvalue weighted by Crippen LogP contribution is 2.17. The van der Waals surface area contributed by atoms with Crippen LogP contribution in [0, 0.1) is 0 Å². The number of carbonyl (C=O) groups excluding carboxylic acids is 1. The Morgan fingerprint density at radius 3 is 2.24 bits per heavy atom. The van der Waals surface area contributed by atoms with Gasteiger partial charge in [-0.3, -0.25) is 9.59 Å². The molecule has 0 spiro atoms. The van der Waals surface area contributed by atoms with Gasteiger partial charge in [-0.15, -0.1) is 0 Å². The van der Waals surface area contributed by atoms with E-state index in [0.29, 0.717) is 24.9 Å². The van der Waals surface area contributed by atoms with Crippen molar-refractivity contribution in [2.45, 2.75) is 50.5 Å². The molecule has 0 fully saturated rings. The van der Waals surface area contributed by atoms with Crippen LogP contribution in [0.5, 0.6) is 0 Å². The number of benzene rings is 1. The molecule has 1 aromatic rings. The minimum absolute atomic E-state index is 0.134. The molecule has 7 nitrogen and oxygen atoms in total. The van der Waals surface area contributed by atoms with Gasteiger partial charge in [0.15, 0.2) is 0 Å². The van der Waals surface area contributed by atoms with Crippen LogP contribution >= 0.6 is 0 Å². The molecule has 0 atom stereocenters. The number of carbonyl (C=O) groups is 2. The van der Waals surface area contributed by atoms with E-state index in [1.54, 1.807) is 13.8 Å². The van der Waals surface area contributed by atoms with Crippen molar-refractivity contribution in [1.29, 1.82) is 0 Å². The Kier molecular flexibility index (Phi) is 8.05. The van der Waals surface area contributed by atoms with Crippen molar-refractivity contribution in [2.24, 2.45) is 0 Å². The van der Waals surface area contributed by atoms with Crippen LogP contribution in [0.15, 0.2) is 29.2 Å². The summed E-state index contributed by atoms with van der Waals surface area (Å²) in [5, 5.41) is 11.3. The number of unbranched alkanes of at least 4 members (excludes halogenated alkanes) is 2. The fraction of sp³-hybridized carbons (Fsp3) is 0.529. The molecule has 1 amide bonds. The summed E-state index contributed by atoms with van der Waals surface area (Å²) in [5.41, 5.74) is 0.386. The van der Waals surface area contributed by atoms with E-state index in [1.165, 1.54) is 35.6 Å². The standard InChI is InChI=1S/C17H26N2O5S/c1-13(2)19(3)25(23,24)15-10-8-14(9-11-15)17(22)18-12-6-4-5-7-16(20)21/h8-11,13H,4-7,12H2,1-3H3,(H,18,22)(H,20,21). The summed E-state index contributed by atoms with van der Waals surface area (Å²) in [6, 6.07) is 5.67. The van der Waals surface area contributed by atoms with Gasteiger partial charge in [0.25, 0.3) is 5.91 Å². The van der Waals surface area contributed by atoms with Crippen molar-refractivity contribution in [3.63, 3.8) is 0 Å². The number of rotatable bonds is 10. The molecule has 0 aromatic heterocycles. The van der Waals surface area contributed by atoms with Gasteiger partial charge in [-0.1, -0.05) is 6.42 Å². The van der Waals surface area contributed by atoms with Crippen molar-refractivity contribution in [3.8, 4) is 0 Å². The van der Waals surface area contributed by atoms with Crippen LogP contribution in [0.4, 0.5) is 0 Å². The second-order valence-corrected chi connectivity index (χ2v) is 8.10. The summed E-state index contributed by atoms with van der Waals surface area (Å²) in [6.45, 7) is 4.03. The molecule has 0 heterocycles. The van der Waals surface area contributed by atoms with Crippen molar-refractivity contribution >= 4 is 21.9 Å². The van der Waals surface area contributed by atoms with Gasteiger partial charge in [-0.2, -0.15) is 4.31 Å². The Morgan fingerprint density at radius 2 is 1.72 bits per heavy atom. The van der Waals surface area contributed by atoms with Crippen LogP contribution in [0.2, 0.25) is 0 Å². The normalized spacial score (nSPS) is 11.7.